The number of amides is 1. The standard InChI is InChI=1S/C50H95NO4/c1-3-5-7-9-11-13-15-16-17-18-19-20-21-22-23-24-25-26-27-28-29-30-31-32-33-34-35-37-39-41-43-47(53)45-50(55)51-48(46-52)49(54)44-42-40-38-36-14-12-10-8-6-4-2/h14,22-23,36,42,44,47-49,52-54H,3-13,15-21,24-35,37-41,43,45-46H2,1-2H3,(H,51,55)/b23-22-,36-14+,44-42+. The molecule has 0 saturated heterocycles. The van der Waals surface area contributed by atoms with Crippen LogP contribution in [0.3, 0.4) is 0 Å². The van der Waals surface area contributed by atoms with Gasteiger partial charge >= 0.3 is 0 Å². The fraction of sp³-hybridized carbons (Fsp3) is 0.860. The summed E-state index contributed by atoms with van der Waals surface area (Å²) in [6, 6.07) is -0.758. The molecular formula is C50H95NO4. The van der Waals surface area contributed by atoms with Gasteiger partial charge in [0.15, 0.2) is 0 Å². The van der Waals surface area contributed by atoms with Crippen molar-refractivity contribution < 1.29 is 20.1 Å². The third-order valence-electron chi connectivity index (χ3n) is 11.1. The molecular weight excluding hydrogens is 679 g/mol. The van der Waals surface area contributed by atoms with E-state index in [2.05, 4.69) is 43.5 Å². The predicted molar refractivity (Wildman–Crippen MR) is 241 cm³/mol. The number of aliphatic hydroxyl groups excluding tert-OH is 3. The van der Waals surface area contributed by atoms with Gasteiger partial charge in [-0.2, -0.15) is 0 Å². The van der Waals surface area contributed by atoms with Crippen LogP contribution < -0.4 is 5.32 Å². The maximum absolute atomic E-state index is 12.4. The molecule has 5 nitrogen and oxygen atoms in total. The lowest BCUT2D eigenvalue weighted by atomic mass is 10.0. The molecule has 3 unspecified atom stereocenters. The van der Waals surface area contributed by atoms with E-state index in [0.717, 1.165) is 32.1 Å². The molecule has 0 aromatic heterocycles. The maximum atomic E-state index is 12.4. The average molecular weight is 774 g/mol. The Morgan fingerprint density at radius 1 is 0.455 bits per heavy atom. The van der Waals surface area contributed by atoms with Gasteiger partial charge in [-0.05, 0) is 57.8 Å². The Kier molecular flexibility index (Phi) is 44.1. The first kappa shape index (κ1) is 53.6. The number of carbonyl (C=O) groups excluding carboxylic acids is 1. The molecule has 0 heterocycles. The lowest BCUT2D eigenvalue weighted by molar-refractivity contribution is -0.124. The number of nitrogens with one attached hydrogen (secondary N) is 1. The number of unbranched alkanes of at least 4 members (excludes halogenated alkanes) is 31. The van der Waals surface area contributed by atoms with Crippen molar-refractivity contribution in [3.05, 3.63) is 36.5 Å². The first-order valence-electron chi connectivity index (χ1n) is 24.3. The van der Waals surface area contributed by atoms with Crippen molar-refractivity contribution in [2.75, 3.05) is 6.61 Å². The minimum Gasteiger partial charge on any atom is -0.394 e. The highest BCUT2D eigenvalue weighted by molar-refractivity contribution is 5.76. The fourth-order valence-electron chi connectivity index (χ4n) is 7.41. The molecule has 0 bridgehead atoms. The van der Waals surface area contributed by atoms with Crippen LogP contribution in [-0.4, -0.2) is 46.1 Å². The van der Waals surface area contributed by atoms with Crippen molar-refractivity contribution in [2.45, 2.75) is 270 Å². The molecule has 0 fully saturated rings. The number of rotatable bonds is 44. The third kappa shape index (κ3) is 42.0. The summed E-state index contributed by atoms with van der Waals surface area (Å²) in [6.45, 7) is 4.17. The monoisotopic (exact) mass is 774 g/mol. The first-order valence-corrected chi connectivity index (χ1v) is 24.3. The van der Waals surface area contributed by atoms with E-state index in [1.807, 2.05) is 6.08 Å². The Bertz CT molecular complexity index is 855. The van der Waals surface area contributed by atoms with Gasteiger partial charge in [0.05, 0.1) is 31.3 Å². The smallest absolute Gasteiger partial charge is 0.222 e. The average Bonchev–Trinajstić information content (AvgIpc) is 3.18. The molecule has 55 heavy (non-hydrogen) atoms. The lowest BCUT2D eigenvalue weighted by Gasteiger charge is -2.21. The van der Waals surface area contributed by atoms with Crippen LogP contribution in [0.5, 0.6) is 0 Å². The molecule has 0 rings (SSSR count). The Morgan fingerprint density at radius 2 is 0.782 bits per heavy atom. The summed E-state index contributed by atoms with van der Waals surface area (Å²) in [5.41, 5.74) is 0. The van der Waals surface area contributed by atoms with Crippen LogP contribution in [0.4, 0.5) is 0 Å². The van der Waals surface area contributed by atoms with Crippen molar-refractivity contribution in [2.24, 2.45) is 0 Å². The Labute approximate surface area is 343 Å². The molecule has 0 spiro atoms. The zero-order valence-corrected chi connectivity index (χ0v) is 36.8. The van der Waals surface area contributed by atoms with E-state index < -0.39 is 18.2 Å². The molecule has 0 aromatic carbocycles. The van der Waals surface area contributed by atoms with Crippen molar-refractivity contribution in [3.63, 3.8) is 0 Å². The second-order valence-electron chi connectivity index (χ2n) is 16.7. The molecule has 0 aliphatic rings. The van der Waals surface area contributed by atoms with Crippen LogP contribution in [0.15, 0.2) is 36.5 Å². The van der Waals surface area contributed by atoms with Gasteiger partial charge in [-0.3, -0.25) is 4.79 Å². The Morgan fingerprint density at radius 3 is 1.18 bits per heavy atom. The first-order chi connectivity index (χ1) is 27.0. The second kappa shape index (κ2) is 45.3. The highest BCUT2D eigenvalue weighted by atomic mass is 16.3. The lowest BCUT2D eigenvalue weighted by Crippen LogP contribution is -2.45. The quantitative estimate of drug-likeness (QED) is 0.0367. The molecule has 4 N–H and O–H groups in total. The van der Waals surface area contributed by atoms with Crippen molar-refractivity contribution in [3.8, 4) is 0 Å². The van der Waals surface area contributed by atoms with E-state index in [4.69, 9.17) is 0 Å². The van der Waals surface area contributed by atoms with Crippen molar-refractivity contribution in [1.29, 1.82) is 0 Å². The van der Waals surface area contributed by atoms with Crippen molar-refractivity contribution in [1.82, 2.24) is 5.32 Å². The van der Waals surface area contributed by atoms with Crippen LogP contribution in [-0.2, 0) is 4.79 Å². The zero-order chi connectivity index (χ0) is 40.1. The van der Waals surface area contributed by atoms with Gasteiger partial charge in [-0.15, -0.1) is 0 Å². The normalized spacial score (nSPS) is 13.8. The highest BCUT2D eigenvalue weighted by Crippen LogP contribution is 2.16. The SMILES string of the molecule is CCCCCC/C=C/CC/C=C/C(O)C(CO)NC(=O)CC(O)CCCCCCCCCCCCCCCC/C=C\CCCCCCCCCCCCCC. The number of carbonyl (C=O) groups is 1. The Hall–Kier alpha value is -1.43. The topological polar surface area (TPSA) is 89.8 Å². The summed E-state index contributed by atoms with van der Waals surface area (Å²) in [5, 5.41) is 33.1. The zero-order valence-electron chi connectivity index (χ0n) is 36.8. The number of hydrogen-bond acceptors (Lipinski definition) is 4. The second-order valence-corrected chi connectivity index (χ2v) is 16.7. The molecule has 3 atom stereocenters. The maximum Gasteiger partial charge on any atom is 0.222 e. The molecule has 324 valence electrons. The summed E-state index contributed by atoms with van der Waals surface area (Å²) < 4.78 is 0. The van der Waals surface area contributed by atoms with E-state index in [1.54, 1.807) is 6.08 Å². The van der Waals surface area contributed by atoms with E-state index in [0.29, 0.717) is 6.42 Å². The summed E-state index contributed by atoms with van der Waals surface area (Å²) >= 11 is 0. The fourth-order valence-corrected chi connectivity index (χ4v) is 7.41. The summed E-state index contributed by atoms with van der Waals surface area (Å²) in [6.07, 6.45) is 57.6. The van der Waals surface area contributed by atoms with Crippen LogP contribution in [0.25, 0.3) is 0 Å². The molecule has 0 aromatic rings. The van der Waals surface area contributed by atoms with Gasteiger partial charge in [0.2, 0.25) is 5.91 Å². The van der Waals surface area contributed by atoms with Gasteiger partial charge in [-0.1, -0.05) is 224 Å². The molecule has 5 heteroatoms. The van der Waals surface area contributed by atoms with E-state index in [-0.39, 0.29) is 18.9 Å². The van der Waals surface area contributed by atoms with Gasteiger partial charge in [-0.25, -0.2) is 0 Å². The van der Waals surface area contributed by atoms with E-state index in [1.165, 1.54) is 193 Å². The molecule has 0 radical (unpaired) electrons. The summed E-state index contributed by atoms with van der Waals surface area (Å²) in [4.78, 5) is 12.4. The molecule has 1 amide bonds. The minimum atomic E-state index is -0.949. The predicted octanol–water partition coefficient (Wildman–Crippen LogP) is 14.3. The van der Waals surface area contributed by atoms with Crippen LogP contribution in [0, 0.1) is 0 Å². The molecule has 0 saturated carbocycles. The van der Waals surface area contributed by atoms with Gasteiger partial charge in [0, 0.05) is 0 Å². The summed E-state index contributed by atoms with van der Waals surface area (Å²) in [7, 11) is 0. The van der Waals surface area contributed by atoms with Gasteiger partial charge in [0.25, 0.3) is 0 Å². The molecule has 0 aliphatic carbocycles. The number of hydrogen-bond donors (Lipinski definition) is 4. The largest absolute Gasteiger partial charge is 0.394 e. The van der Waals surface area contributed by atoms with Crippen molar-refractivity contribution >= 4 is 5.91 Å². The summed E-state index contributed by atoms with van der Waals surface area (Å²) in [5.74, 6) is -0.326. The number of allylic oxidation sites excluding steroid dienone is 5. The van der Waals surface area contributed by atoms with Crippen LogP contribution in [0.2, 0.25) is 0 Å². The van der Waals surface area contributed by atoms with E-state index >= 15 is 0 Å². The molecule has 0 aliphatic heterocycles. The Balaban J connectivity index is 3.51. The highest BCUT2D eigenvalue weighted by Gasteiger charge is 2.20. The third-order valence-corrected chi connectivity index (χ3v) is 11.1. The van der Waals surface area contributed by atoms with Crippen LogP contribution >= 0.6 is 0 Å². The minimum absolute atomic E-state index is 0.00684. The number of aliphatic hydroxyl groups is 3. The van der Waals surface area contributed by atoms with E-state index in [9.17, 15) is 20.1 Å². The van der Waals surface area contributed by atoms with Gasteiger partial charge < -0.3 is 20.6 Å². The van der Waals surface area contributed by atoms with Crippen LogP contribution in [0.1, 0.15) is 251 Å². The van der Waals surface area contributed by atoms with Gasteiger partial charge in [0.1, 0.15) is 0 Å².